The van der Waals surface area contributed by atoms with Gasteiger partial charge < -0.3 is 5.32 Å². The van der Waals surface area contributed by atoms with Crippen LogP contribution in [-0.2, 0) is 0 Å². The molecule has 2 rings (SSSR count). The molecule has 0 radical (unpaired) electrons. The van der Waals surface area contributed by atoms with E-state index >= 15 is 0 Å². The molecule has 3 nitrogen and oxygen atoms in total. The molecule has 18 heavy (non-hydrogen) atoms. The van der Waals surface area contributed by atoms with E-state index in [1.165, 1.54) is 5.56 Å². The first-order chi connectivity index (χ1) is 8.90. The molecule has 1 aromatic carbocycles. The number of nitrogens with one attached hydrogen (secondary N) is 1. The van der Waals surface area contributed by atoms with Gasteiger partial charge in [0.05, 0.1) is 6.20 Å². The van der Waals surface area contributed by atoms with Crippen molar-refractivity contribution in [1.82, 2.24) is 15.3 Å². The number of thioether (sulfide) groups is 1. The number of hydrogen-bond acceptors (Lipinski definition) is 4. The predicted molar refractivity (Wildman–Crippen MR) is 75.6 cm³/mol. The highest BCUT2D eigenvalue weighted by molar-refractivity contribution is 7.99. The summed E-state index contributed by atoms with van der Waals surface area (Å²) in [6, 6.07) is 10.9. The third-order valence-corrected chi connectivity index (χ3v) is 3.60. The van der Waals surface area contributed by atoms with Crippen molar-refractivity contribution in [1.29, 1.82) is 0 Å². The summed E-state index contributed by atoms with van der Waals surface area (Å²) < 4.78 is 0. The van der Waals surface area contributed by atoms with Gasteiger partial charge in [0.25, 0.3) is 0 Å². The van der Waals surface area contributed by atoms with E-state index in [1.54, 1.807) is 30.4 Å². The van der Waals surface area contributed by atoms with Gasteiger partial charge in [0.1, 0.15) is 5.03 Å². The minimum atomic E-state index is 0.350. The molecule has 4 heteroatoms. The number of benzene rings is 1. The second-order valence-electron chi connectivity index (χ2n) is 3.88. The molecule has 0 aliphatic carbocycles. The lowest BCUT2D eigenvalue weighted by Crippen LogP contribution is -2.22. The fourth-order valence-corrected chi connectivity index (χ4v) is 2.65. The Morgan fingerprint density at radius 3 is 2.72 bits per heavy atom. The van der Waals surface area contributed by atoms with E-state index in [1.807, 2.05) is 6.07 Å². The van der Waals surface area contributed by atoms with Crippen LogP contribution >= 0.6 is 11.8 Å². The Hall–Kier alpha value is -1.39. The van der Waals surface area contributed by atoms with Crippen LogP contribution in [0.3, 0.4) is 0 Å². The van der Waals surface area contributed by atoms with Crippen LogP contribution in [0.4, 0.5) is 0 Å². The zero-order valence-electron chi connectivity index (χ0n) is 10.4. The average Bonchev–Trinajstić information content (AvgIpc) is 2.45. The van der Waals surface area contributed by atoms with Gasteiger partial charge in [-0.05, 0) is 12.1 Å². The molecular formula is C14H17N3S. The van der Waals surface area contributed by atoms with Gasteiger partial charge in [-0.2, -0.15) is 0 Å². The molecule has 1 heterocycles. The largest absolute Gasteiger partial charge is 0.309 e. The molecule has 0 saturated heterocycles. The van der Waals surface area contributed by atoms with E-state index in [-0.39, 0.29) is 0 Å². The van der Waals surface area contributed by atoms with Gasteiger partial charge in [-0.3, -0.25) is 4.98 Å². The SMILES string of the molecule is CCNC(CSc1cnccn1)c1ccccc1. The van der Waals surface area contributed by atoms with Crippen molar-refractivity contribution in [2.75, 3.05) is 12.3 Å². The number of nitrogens with zero attached hydrogens (tertiary/aromatic N) is 2. The summed E-state index contributed by atoms with van der Waals surface area (Å²) in [4.78, 5) is 8.35. The van der Waals surface area contributed by atoms with E-state index in [4.69, 9.17) is 0 Å². The fraction of sp³-hybridized carbons (Fsp3) is 0.286. The molecule has 0 bridgehead atoms. The van der Waals surface area contributed by atoms with Gasteiger partial charge in [0.2, 0.25) is 0 Å². The molecule has 2 aromatic rings. The summed E-state index contributed by atoms with van der Waals surface area (Å²) in [6.45, 7) is 3.09. The summed E-state index contributed by atoms with van der Waals surface area (Å²) in [5.74, 6) is 0.955. The predicted octanol–water partition coefficient (Wildman–Crippen LogP) is 2.92. The smallest absolute Gasteiger partial charge is 0.114 e. The molecule has 1 aromatic heterocycles. The summed E-state index contributed by atoms with van der Waals surface area (Å²) in [6.07, 6.45) is 5.23. The summed E-state index contributed by atoms with van der Waals surface area (Å²) in [5, 5.41) is 4.47. The third-order valence-electron chi connectivity index (χ3n) is 2.59. The maximum absolute atomic E-state index is 4.28. The maximum atomic E-state index is 4.28. The van der Waals surface area contributed by atoms with Crippen molar-refractivity contribution in [3.05, 3.63) is 54.5 Å². The topological polar surface area (TPSA) is 37.8 Å². The van der Waals surface area contributed by atoms with Gasteiger partial charge >= 0.3 is 0 Å². The molecule has 0 amide bonds. The van der Waals surface area contributed by atoms with Crippen LogP contribution in [0.5, 0.6) is 0 Å². The lowest BCUT2D eigenvalue weighted by atomic mass is 10.1. The van der Waals surface area contributed by atoms with E-state index in [9.17, 15) is 0 Å². The Morgan fingerprint density at radius 1 is 1.22 bits per heavy atom. The Morgan fingerprint density at radius 2 is 2.06 bits per heavy atom. The molecule has 1 unspecified atom stereocenters. The van der Waals surface area contributed by atoms with Gasteiger partial charge in [-0.1, -0.05) is 37.3 Å². The maximum Gasteiger partial charge on any atom is 0.114 e. The van der Waals surface area contributed by atoms with Crippen LogP contribution in [0.15, 0.2) is 53.9 Å². The van der Waals surface area contributed by atoms with Crippen LogP contribution in [0, 0.1) is 0 Å². The summed E-state index contributed by atoms with van der Waals surface area (Å²) >= 11 is 1.73. The highest BCUT2D eigenvalue weighted by Crippen LogP contribution is 2.22. The average molecular weight is 259 g/mol. The van der Waals surface area contributed by atoms with E-state index in [0.717, 1.165) is 17.3 Å². The number of aromatic nitrogens is 2. The second-order valence-corrected chi connectivity index (χ2v) is 4.92. The van der Waals surface area contributed by atoms with Crippen molar-refractivity contribution >= 4 is 11.8 Å². The molecule has 1 N–H and O–H groups in total. The standard InChI is InChI=1S/C14H17N3S/c1-2-16-13(12-6-4-3-5-7-12)11-18-14-10-15-8-9-17-14/h3-10,13,16H,2,11H2,1H3. The van der Waals surface area contributed by atoms with Crippen molar-refractivity contribution in [3.8, 4) is 0 Å². The van der Waals surface area contributed by atoms with E-state index in [2.05, 4.69) is 46.5 Å². The summed E-state index contributed by atoms with van der Waals surface area (Å²) in [7, 11) is 0. The zero-order valence-corrected chi connectivity index (χ0v) is 11.2. The minimum absolute atomic E-state index is 0.350. The molecule has 1 atom stereocenters. The Balaban J connectivity index is 1.99. The Labute approximate surface area is 112 Å². The number of rotatable bonds is 6. The Bertz CT molecular complexity index is 447. The van der Waals surface area contributed by atoms with Crippen molar-refractivity contribution < 1.29 is 0 Å². The minimum Gasteiger partial charge on any atom is -0.309 e. The molecular weight excluding hydrogens is 242 g/mol. The summed E-state index contributed by atoms with van der Waals surface area (Å²) in [5.41, 5.74) is 1.32. The third kappa shape index (κ3) is 3.82. The first-order valence-corrected chi connectivity index (χ1v) is 7.06. The van der Waals surface area contributed by atoms with Crippen LogP contribution in [0.25, 0.3) is 0 Å². The molecule has 94 valence electrons. The second kappa shape index (κ2) is 7.13. The van der Waals surface area contributed by atoms with Crippen LogP contribution in [-0.4, -0.2) is 22.3 Å². The Kier molecular flexibility index (Phi) is 5.17. The first-order valence-electron chi connectivity index (χ1n) is 6.07. The first kappa shape index (κ1) is 13.1. The van der Waals surface area contributed by atoms with Gasteiger partial charge in [-0.15, -0.1) is 11.8 Å². The lowest BCUT2D eigenvalue weighted by molar-refractivity contribution is 0.606. The van der Waals surface area contributed by atoms with E-state index < -0.39 is 0 Å². The van der Waals surface area contributed by atoms with Gasteiger partial charge in [0, 0.05) is 24.2 Å². The fourth-order valence-electron chi connectivity index (χ4n) is 1.73. The van der Waals surface area contributed by atoms with Crippen molar-refractivity contribution in [2.45, 2.75) is 18.0 Å². The van der Waals surface area contributed by atoms with Crippen molar-refractivity contribution in [3.63, 3.8) is 0 Å². The molecule has 0 spiro atoms. The highest BCUT2D eigenvalue weighted by atomic mass is 32.2. The highest BCUT2D eigenvalue weighted by Gasteiger charge is 2.10. The van der Waals surface area contributed by atoms with Crippen LogP contribution in [0.1, 0.15) is 18.5 Å². The van der Waals surface area contributed by atoms with Gasteiger partial charge in [0.15, 0.2) is 0 Å². The van der Waals surface area contributed by atoms with Crippen molar-refractivity contribution in [2.24, 2.45) is 0 Å². The number of hydrogen-bond donors (Lipinski definition) is 1. The molecule has 0 fully saturated rings. The normalized spacial score (nSPS) is 12.3. The lowest BCUT2D eigenvalue weighted by Gasteiger charge is -2.17. The zero-order chi connectivity index (χ0) is 12.6. The van der Waals surface area contributed by atoms with Crippen LogP contribution in [0.2, 0.25) is 0 Å². The van der Waals surface area contributed by atoms with E-state index in [0.29, 0.717) is 6.04 Å². The van der Waals surface area contributed by atoms with Gasteiger partial charge in [-0.25, -0.2) is 4.98 Å². The monoisotopic (exact) mass is 259 g/mol. The quantitative estimate of drug-likeness (QED) is 0.809. The molecule has 0 aliphatic rings. The molecule has 0 saturated carbocycles. The molecule has 0 aliphatic heterocycles. The van der Waals surface area contributed by atoms with Crippen LogP contribution < -0.4 is 5.32 Å².